The fourth-order valence-electron chi connectivity index (χ4n) is 3.80. The van der Waals surface area contributed by atoms with Gasteiger partial charge < -0.3 is 30.9 Å². The van der Waals surface area contributed by atoms with Crippen LogP contribution < -0.4 is 20.7 Å². The lowest BCUT2D eigenvalue weighted by atomic mass is 10.0. The summed E-state index contributed by atoms with van der Waals surface area (Å²) in [6.07, 6.45) is -0.107. The largest absolute Gasteiger partial charge is 0.478 e. The Hall–Kier alpha value is -3.19. The van der Waals surface area contributed by atoms with Crippen LogP contribution in [-0.4, -0.2) is 56.5 Å². The predicted molar refractivity (Wildman–Crippen MR) is 129 cm³/mol. The molecule has 33 heavy (non-hydrogen) atoms. The van der Waals surface area contributed by atoms with Gasteiger partial charge in [0.25, 0.3) is 0 Å². The first-order valence-electron chi connectivity index (χ1n) is 10.3. The third-order valence-corrected chi connectivity index (χ3v) is 6.03. The summed E-state index contributed by atoms with van der Waals surface area (Å²) in [5.74, 6) is -0.596. The molecule has 3 aromatic rings. The fraction of sp³-hybridized carbons (Fsp3) is 0.286. The van der Waals surface area contributed by atoms with E-state index in [1.54, 1.807) is 21.6 Å². The van der Waals surface area contributed by atoms with Crippen LogP contribution >= 0.6 is 24.4 Å². The average molecular weight is 489 g/mol. The van der Waals surface area contributed by atoms with Crippen molar-refractivity contribution in [3.63, 3.8) is 0 Å². The third kappa shape index (κ3) is 4.93. The van der Waals surface area contributed by atoms with Crippen molar-refractivity contribution < 1.29 is 19.7 Å². The van der Waals surface area contributed by atoms with Crippen molar-refractivity contribution in [2.75, 3.05) is 23.5 Å². The predicted octanol–water partition coefficient (Wildman–Crippen LogP) is 2.98. The molecule has 2 unspecified atom stereocenters. The number of aromatic amines is 2. The highest BCUT2D eigenvalue weighted by atomic mass is 32.1. The summed E-state index contributed by atoms with van der Waals surface area (Å²) in [6.45, 7) is 0.687. The smallest absolute Gasteiger partial charge is 0.337 e. The number of nitrogens with two attached hydrogens (primary N) is 1. The van der Waals surface area contributed by atoms with E-state index < -0.39 is 18.2 Å². The molecule has 1 aliphatic heterocycles. The molecule has 0 aliphatic carbocycles. The molecule has 2 heterocycles. The molecule has 2 atom stereocenters. The lowest BCUT2D eigenvalue weighted by Crippen LogP contribution is -2.54. The Morgan fingerprint density at radius 3 is 2.70 bits per heavy atom. The Kier molecular flexibility index (Phi) is 6.79. The summed E-state index contributed by atoms with van der Waals surface area (Å²) in [4.78, 5) is 13.4. The number of benzene rings is 2. The van der Waals surface area contributed by atoms with Gasteiger partial charge in [-0.3, -0.25) is 14.8 Å². The molecular formula is C21H24N6O4S2. The van der Waals surface area contributed by atoms with Gasteiger partial charge in [0.2, 0.25) is 0 Å². The van der Waals surface area contributed by atoms with Crippen LogP contribution in [0.3, 0.4) is 0 Å². The molecule has 1 aliphatic rings. The van der Waals surface area contributed by atoms with Crippen molar-refractivity contribution in [2.45, 2.75) is 25.1 Å². The van der Waals surface area contributed by atoms with Crippen LogP contribution in [0.4, 0.5) is 11.4 Å². The first kappa shape index (κ1) is 23.0. The molecule has 10 nitrogen and oxygen atoms in total. The van der Waals surface area contributed by atoms with Gasteiger partial charge >= 0.3 is 5.97 Å². The molecule has 1 aromatic heterocycles. The highest BCUT2D eigenvalue weighted by Crippen LogP contribution is 2.30. The van der Waals surface area contributed by atoms with Gasteiger partial charge in [-0.1, -0.05) is 6.07 Å². The van der Waals surface area contributed by atoms with Crippen LogP contribution in [0.15, 0.2) is 42.5 Å². The molecule has 0 radical (unpaired) electrons. The number of H-pyrrole nitrogens is 2. The van der Waals surface area contributed by atoms with Crippen molar-refractivity contribution in [1.29, 1.82) is 0 Å². The van der Waals surface area contributed by atoms with Gasteiger partial charge in [-0.15, -0.1) is 0 Å². The van der Waals surface area contributed by atoms with E-state index in [0.717, 1.165) is 11.4 Å². The maximum atomic E-state index is 11.7. The molecule has 2 aromatic carbocycles. The lowest BCUT2D eigenvalue weighted by Gasteiger charge is -2.38. The number of rotatable bonds is 7. The van der Waals surface area contributed by atoms with E-state index in [1.165, 1.54) is 6.07 Å². The van der Waals surface area contributed by atoms with E-state index in [-0.39, 0.29) is 12.3 Å². The molecule has 0 bridgehead atoms. The summed E-state index contributed by atoms with van der Waals surface area (Å²) in [5, 5.41) is 28.5. The zero-order valence-electron chi connectivity index (χ0n) is 17.5. The summed E-state index contributed by atoms with van der Waals surface area (Å²) < 4.78 is 8.44. The first-order chi connectivity index (χ1) is 15.8. The minimum absolute atomic E-state index is 0.104. The number of carbonyl (C=O) groups is 1. The number of anilines is 2. The number of hydrogen-bond donors (Lipinski definition) is 6. The molecule has 1 fully saturated rings. The van der Waals surface area contributed by atoms with E-state index in [4.69, 9.17) is 34.9 Å². The van der Waals surface area contributed by atoms with Crippen LogP contribution in [0, 0.1) is 9.54 Å². The van der Waals surface area contributed by atoms with Crippen molar-refractivity contribution in [3.05, 3.63) is 57.6 Å². The summed E-state index contributed by atoms with van der Waals surface area (Å²) in [6, 6.07) is 12.2. The number of aliphatic hydroxyl groups is 1. The van der Waals surface area contributed by atoms with E-state index in [2.05, 4.69) is 15.5 Å². The molecule has 0 saturated carbocycles. The molecule has 0 spiro atoms. The standard InChI is InChI=1S/C21H24N6O4S2/c22-18-17(28)5-2-8-26(18)16-10-14(6-7-15(16)19(29)30)31-11-23-12-3-1-4-13(9-12)27-20(32)24-25-21(27)33/h1,3-4,6-7,9-10,17-18,23,28H,2,5,8,11,22H2,(H,24,32)(H,25,33)(H,29,30). The quantitative estimate of drug-likeness (QED) is 0.218. The van der Waals surface area contributed by atoms with Gasteiger partial charge in [-0.2, -0.15) is 0 Å². The number of piperidine rings is 1. The van der Waals surface area contributed by atoms with Crippen molar-refractivity contribution >= 4 is 41.8 Å². The lowest BCUT2D eigenvalue weighted by molar-refractivity contribution is 0.0695. The number of carboxylic acids is 1. The van der Waals surface area contributed by atoms with Gasteiger partial charge in [-0.05, 0) is 67.6 Å². The number of aliphatic hydroxyl groups excluding tert-OH is 1. The molecular weight excluding hydrogens is 464 g/mol. The zero-order chi connectivity index (χ0) is 23.5. The minimum Gasteiger partial charge on any atom is -0.478 e. The van der Waals surface area contributed by atoms with E-state index in [1.807, 2.05) is 24.3 Å². The van der Waals surface area contributed by atoms with Crippen LogP contribution in [0.1, 0.15) is 23.2 Å². The number of carboxylic acid groups (broad SMARTS) is 1. The molecule has 174 valence electrons. The fourth-order valence-corrected chi connectivity index (χ4v) is 4.36. The second-order valence-electron chi connectivity index (χ2n) is 7.59. The Morgan fingerprint density at radius 2 is 1.97 bits per heavy atom. The minimum atomic E-state index is -1.07. The number of ether oxygens (including phenoxy) is 1. The Bertz CT molecular complexity index is 1240. The van der Waals surface area contributed by atoms with Gasteiger partial charge in [0.05, 0.1) is 23.0 Å². The van der Waals surface area contributed by atoms with Gasteiger partial charge in [-0.25, -0.2) is 4.79 Å². The van der Waals surface area contributed by atoms with E-state index in [9.17, 15) is 15.0 Å². The number of aromatic nitrogens is 3. The monoisotopic (exact) mass is 488 g/mol. The second kappa shape index (κ2) is 9.75. The zero-order valence-corrected chi connectivity index (χ0v) is 19.2. The first-order valence-corrected chi connectivity index (χ1v) is 11.1. The number of nitrogens with zero attached hydrogens (tertiary/aromatic N) is 2. The normalized spacial score (nSPS) is 18.2. The molecule has 12 heteroatoms. The van der Waals surface area contributed by atoms with Crippen molar-refractivity contribution in [2.24, 2.45) is 5.73 Å². The summed E-state index contributed by atoms with van der Waals surface area (Å²) in [5.41, 5.74) is 8.23. The van der Waals surface area contributed by atoms with Crippen LogP contribution in [0.2, 0.25) is 0 Å². The van der Waals surface area contributed by atoms with Crippen molar-refractivity contribution in [1.82, 2.24) is 14.8 Å². The maximum Gasteiger partial charge on any atom is 0.337 e. The average Bonchev–Trinajstić information content (AvgIpc) is 3.13. The topological polar surface area (TPSA) is 145 Å². The molecule has 7 N–H and O–H groups in total. The van der Waals surface area contributed by atoms with Gasteiger partial charge in [0.1, 0.15) is 11.9 Å². The molecule has 1 saturated heterocycles. The van der Waals surface area contributed by atoms with Gasteiger partial charge in [0, 0.05) is 18.3 Å². The van der Waals surface area contributed by atoms with E-state index >= 15 is 0 Å². The number of nitrogens with one attached hydrogen (secondary N) is 3. The number of aromatic carboxylic acids is 1. The summed E-state index contributed by atoms with van der Waals surface area (Å²) >= 11 is 10.5. The van der Waals surface area contributed by atoms with Crippen LogP contribution in [0.5, 0.6) is 5.75 Å². The SMILES string of the molecule is NC1C(O)CCCN1c1cc(OCNc2cccc(-n3c(=S)[nH][nH]c3=S)c2)ccc1C(=O)O. The summed E-state index contributed by atoms with van der Waals surface area (Å²) in [7, 11) is 0. The van der Waals surface area contributed by atoms with E-state index in [0.29, 0.717) is 40.4 Å². The third-order valence-electron chi connectivity index (χ3n) is 5.46. The Morgan fingerprint density at radius 1 is 1.21 bits per heavy atom. The van der Waals surface area contributed by atoms with Crippen molar-refractivity contribution in [3.8, 4) is 11.4 Å². The van der Waals surface area contributed by atoms with Crippen LogP contribution in [0.25, 0.3) is 5.69 Å². The highest BCUT2D eigenvalue weighted by molar-refractivity contribution is 7.72. The Balaban J connectivity index is 1.49. The molecule has 0 amide bonds. The maximum absolute atomic E-state index is 11.7. The molecule has 4 rings (SSSR count). The van der Waals surface area contributed by atoms with Gasteiger partial charge in [0.15, 0.2) is 16.3 Å². The Labute approximate surface area is 199 Å². The number of hydrogen-bond acceptors (Lipinski definition) is 8. The second-order valence-corrected chi connectivity index (χ2v) is 8.36. The highest BCUT2D eigenvalue weighted by Gasteiger charge is 2.29. The van der Waals surface area contributed by atoms with Crippen LogP contribution in [-0.2, 0) is 0 Å².